The lowest BCUT2D eigenvalue weighted by Gasteiger charge is -2.27. The molecule has 0 saturated heterocycles. The Hall–Kier alpha value is -1.78. The summed E-state index contributed by atoms with van der Waals surface area (Å²) in [5.41, 5.74) is 0.662. The van der Waals surface area contributed by atoms with Gasteiger partial charge < -0.3 is 14.6 Å². The zero-order valence-electron chi connectivity index (χ0n) is 11.4. The molecule has 0 bridgehead atoms. The second kappa shape index (κ2) is 5.91. The van der Waals surface area contributed by atoms with Gasteiger partial charge >= 0.3 is 5.97 Å². The lowest BCUT2D eigenvalue weighted by atomic mass is 9.86. The number of carbonyl (C=O) groups excluding carboxylic acids is 2. The van der Waals surface area contributed by atoms with Crippen LogP contribution >= 0.6 is 0 Å². The molecule has 19 heavy (non-hydrogen) atoms. The standard InChI is InChI=1S/C14H20N2O3/c1-16-9-3-4-12(16)13(17)15-11-7-5-10(6-8-11)14(18)19-2/h3-4,9-11H,5-8H2,1-2H3,(H,15,17). The highest BCUT2D eigenvalue weighted by molar-refractivity contribution is 5.92. The number of hydrogen-bond acceptors (Lipinski definition) is 3. The summed E-state index contributed by atoms with van der Waals surface area (Å²) in [6, 6.07) is 3.81. The number of esters is 1. The third-order valence-corrected chi connectivity index (χ3v) is 3.77. The Morgan fingerprint density at radius 1 is 1.32 bits per heavy atom. The van der Waals surface area contributed by atoms with E-state index in [1.807, 2.05) is 19.3 Å². The lowest BCUT2D eigenvalue weighted by Crippen LogP contribution is -2.39. The number of nitrogens with zero attached hydrogens (tertiary/aromatic N) is 1. The molecule has 1 aromatic rings. The zero-order valence-corrected chi connectivity index (χ0v) is 11.4. The van der Waals surface area contributed by atoms with Crippen LogP contribution in [0.15, 0.2) is 18.3 Å². The summed E-state index contributed by atoms with van der Waals surface area (Å²) < 4.78 is 6.55. The number of rotatable bonds is 3. The number of methoxy groups -OCH3 is 1. The van der Waals surface area contributed by atoms with Crippen molar-refractivity contribution in [1.82, 2.24) is 9.88 Å². The van der Waals surface area contributed by atoms with Gasteiger partial charge in [-0.3, -0.25) is 9.59 Å². The van der Waals surface area contributed by atoms with E-state index in [4.69, 9.17) is 4.74 Å². The maximum Gasteiger partial charge on any atom is 0.308 e. The first-order valence-corrected chi connectivity index (χ1v) is 6.62. The molecule has 104 valence electrons. The summed E-state index contributed by atoms with van der Waals surface area (Å²) in [7, 11) is 3.27. The van der Waals surface area contributed by atoms with Crippen LogP contribution in [0.5, 0.6) is 0 Å². The van der Waals surface area contributed by atoms with E-state index in [-0.39, 0.29) is 23.8 Å². The van der Waals surface area contributed by atoms with Crippen molar-refractivity contribution in [2.45, 2.75) is 31.7 Å². The molecular formula is C14H20N2O3. The number of nitrogens with one attached hydrogen (secondary N) is 1. The zero-order chi connectivity index (χ0) is 13.8. The predicted molar refractivity (Wildman–Crippen MR) is 70.6 cm³/mol. The van der Waals surface area contributed by atoms with Crippen molar-refractivity contribution in [3.8, 4) is 0 Å². The summed E-state index contributed by atoms with van der Waals surface area (Å²) in [6.45, 7) is 0. The maximum atomic E-state index is 12.0. The third-order valence-electron chi connectivity index (χ3n) is 3.77. The first-order valence-electron chi connectivity index (χ1n) is 6.62. The summed E-state index contributed by atoms with van der Waals surface area (Å²) >= 11 is 0. The van der Waals surface area contributed by atoms with E-state index in [0.29, 0.717) is 5.69 Å². The second-order valence-electron chi connectivity index (χ2n) is 5.05. The first kappa shape index (κ1) is 13.6. The van der Waals surface area contributed by atoms with Crippen LogP contribution in [0.1, 0.15) is 36.2 Å². The Kier molecular flexibility index (Phi) is 4.24. The minimum atomic E-state index is -0.132. The van der Waals surface area contributed by atoms with E-state index < -0.39 is 0 Å². The number of ether oxygens (including phenoxy) is 1. The highest BCUT2D eigenvalue weighted by atomic mass is 16.5. The van der Waals surface area contributed by atoms with Gasteiger partial charge in [0.25, 0.3) is 5.91 Å². The quantitative estimate of drug-likeness (QED) is 0.841. The van der Waals surface area contributed by atoms with Crippen LogP contribution in [-0.4, -0.2) is 29.6 Å². The molecule has 1 aliphatic carbocycles. The molecule has 1 aromatic heterocycles. The minimum Gasteiger partial charge on any atom is -0.469 e. The van der Waals surface area contributed by atoms with Crippen LogP contribution in [0.3, 0.4) is 0 Å². The van der Waals surface area contributed by atoms with Gasteiger partial charge in [-0.2, -0.15) is 0 Å². The SMILES string of the molecule is COC(=O)C1CCC(NC(=O)c2cccn2C)CC1. The molecule has 0 atom stereocenters. The van der Waals surface area contributed by atoms with Crippen LogP contribution in [0, 0.1) is 5.92 Å². The third kappa shape index (κ3) is 3.16. The number of amides is 1. The van der Waals surface area contributed by atoms with Crippen LogP contribution < -0.4 is 5.32 Å². The van der Waals surface area contributed by atoms with Crippen LogP contribution in [0.2, 0.25) is 0 Å². The van der Waals surface area contributed by atoms with Gasteiger partial charge in [0.05, 0.1) is 13.0 Å². The smallest absolute Gasteiger partial charge is 0.308 e. The number of carbonyl (C=O) groups is 2. The molecule has 0 aromatic carbocycles. The fourth-order valence-electron chi connectivity index (χ4n) is 2.60. The average molecular weight is 264 g/mol. The molecule has 1 N–H and O–H groups in total. The van der Waals surface area contributed by atoms with Crippen molar-refractivity contribution in [3.05, 3.63) is 24.0 Å². The number of hydrogen-bond donors (Lipinski definition) is 1. The molecule has 1 aliphatic rings. The molecule has 0 radical (unpaired) electrons. The van der Waals surface area contributed by atoms with Crippen LogP contribution in [-0.2, 0) is 16.6 Å². The normalized spacial score (nSPS) is 22.8. The molecule has 2 rings (SSSR count). The molecule has 0 spiro atoms. The van der Waals surface area contributed by atoms with Gasteiger partial charge in [-0.05, 0) is 37.8 Å². The highest BCUT2D eigenvalue weighted by Crippen LogP contribution is 2.25. The van der Waals surface area contributed by atoms with Gasteiger partial charge in [0.15, 0.2) is 0 Å². The second-order valence-corrected chi connectivity index (χ2v) is 5.05. The molecular weight excluding hydrogens is 244 g/mol. The largest absolute Gasteiger partial charge is 0.469 e. The average Bonchev–Trinajstić information content (AvgIpc) is 2.85. The fourth-order valence-corrected chi connectivity index (χ4v) is 2.60. The lowest BCUT2D eigenvalue weighted by molar-refractivity contribution is -0.146. The fraction of sp³-hybridized carbons (Fsp3) is 0.571. The van der Waals surface area contributed by atoms with E-state index in [1.165, 1.54) is 7.11 Å². The molecule has 0 unspecified atom stereocenters. The van der Waals surface area contributed by atoms with Crippen molar-refractivity contribution in [2.24, 2.45) is 13.0 Å². The van der Waals surface area contributed by atoms with E-state index in [0.717, 1.165) is 25.7 Å². The molecule has 1 heterocycles. The topological polar surface area (TPSA) is 60.3 Å². The Morgan fingerprint density at radius 2 is 2.00 bits per heavy atom. The van der Waals surface area contributed by atoms with Gasteiger partial charge in [0.1, 0.15) is 5.69 Å². The highest BCUT2D eigenvalue weighted by Gasteiger charge is 2.27. The summed E-state index contributed by atoms with van der Waals surface area (Å²) in [5, 5.41) is 3.03. The summed E-state index contributed by atoms with van der Waals surface area (Å²) in [6.07, 6.45) is 5.07. The van der Waals surface area contributed by atoms with Crippen LogP contribution in [0.25, 0.3) is 0 Å². The van der Waals surface area contributed by atoms with Gasteiger partial charge in [0.2, 0.25) is 0 Å². The molecule has 0 aliphatic heterocycles. The van der Waals surface area contributed by atoms with E-state index in [2.05, 4.69) is 5.32 Å². The Balaban J connectivity index is 1.85. The van der Waals surface area contributed by atoms with E-state index in [9.17, 15) is 9.59 Å². The van der Waals surface area contributed by atoms with E-state index >= 15 is 0 Å². The maximum absolute atomic E-state index is 12.0. The van der Waals surface area contributed by atoms with Crippen molar-refractivity contribution in [1.29, 1.82) is 0 Å². The van der Waals surface area contributed by atoms with Crippen molar-refractivity contribution in [3.63, 3.8) is 0 Å². The monoisotopic (exact) mass is 264 g/mol. The number of aryl methyl sites for hydroxylation is 1. The predicted octanol–water partition coefficient (Wildman–Crippen LogP) is 1.49. The van der Waals surface area contributed by atoms with Crippen molar-refractivity contribution < 1.29 is 14.3 Å². The summed E-state index contributed by atoms with van der Waals surface area (Å²) in [5.74, 6) is -0.186. The van der Waals surface area contributed by atoms with E-state index in [1.54, 1.807) is 10.6 Å². The van der Waals surface area contributed by atoms with Crippen molar-refractivity contribution in [2.75, 3.05) is 7.11 Å². The summed E-state index contributed by atoms with van der Waals surface area (Å²) in [4.78, 5) is 23.5. The van der Waals surface area contributed by atoms with Gasteiger partial charge in [-0.25, -0.2) is 0 Å². The number of aromatic nitrogens is 1. The van der Waals surface area contributed by atoms with Crippen LogP contribution in [0.4, 0.5) is 0 Å². The van der Waals surface area contributed by atoms with Gasteiger partial charge in [-0.15, -0.1) is 0 Å². The van der Waals surface area contributed by atoms with Crippen molar-refractivity contribution >= 4 is 11.9 Å². The first-order chi connectivity index (χ1) is 9.11. The molecule has 5 nitrogen and oxygen atoms in total. The Morgan fingerprint density at radius 3 is 2.53 bits per heavy atom. The Bertz CT molecular complexity index is 459. The van der Waals surface area contributed by atoms with Gasteiger partial charge in [0, 0.05) is 19.3 Å². The Labute approximate surface area is 112 Å². The molecule has 1 saturated carbocycles. The molecule has 1 fully saturated rings. The molecule has 1 amide bonds. The minimum absolute atomic E-state index is 0.00631. The molecule has 5 heteroatoms. The van der Waals surface area contributed by atoms with Gasteiger partial charge in [-0.1, -0.05) is 0 Å².